The van der Waals surface area contributed by atoms with Gasteiger partial charge in [-0.25, -0.2) is 25.6 Å². The summed E-state index contributed by atoms with van der Waals surface area (Å²) in [6, 6.07) is 2.61. The number of halogens is 4. The maximum atomic E-state index is 14.9. The van der Waals surface area contributed by atoms with Crippen molar-refractivity contribution in [1.82, 2.24) is 29.9 Å². The van der Waals surface area contributed by atoms with E-state index in [9.17, 15) is 25.6 Å². The van der Waals surface area contributed by atoms with Crippen LogP contribution in [0.3, 0.4) is 0 Å². The van der Waals surface area contributed by atoms with Crippen LogP contribution in [0.2, 0.25) is 10.3 Å². The van der Waals surface area contributed by atoms with E-state index in [2.05, 4.69) is 20.5 Å². The van der Waals surface area contributed by atoms with Gasteiger partial charge in [-0.15, -0.1) is 0 Å². The Bertz CT molecular complexity index is 1490. The minimum Gasteiger partial charge on any atom is -0.317 e. The highest BCUT2D eigenvalue weighted by atomic mass is 35.5. The highest BCUT2D eigenvalue weighted by Crippen LogP contribution is 2.40. The second kappa shape index (κ2) is 11.2. The summed E-state index contributed by atoms with van der Waals surface area (Å²) in [7, 11) is -5.42. The molecule has 2 atom stereocenters. The number of alkyl halides is 2. The largest absolute Gasteiger partial charge is 0.317 e. The summed E-state index contributed by atoms with van der Waals surface area (Å²) in [5.41, 5.74) is -0.0116. The zero-order valence-electron chi connectivity index (χ0n) is 21.1. The van der Waals surface area contributed by atoms with Crippen LogP contribution in [0, 0.1) is 5.92 Å². The zero-order valence-corrected chi connectivity index (χ0v) is 24.2. The van der Waals surface area contributed by atoms with Crippen LogP contribution in [-0.4, -0.2) is 59.5 Å². The fourth-order valence-electron chi connectivity index (χ4n) is 4.02. The molecule has 0 saturated carbocycles. The lowest BCUT2D eigenvalue weighted by atomic mass is 9.93. The molecule has 3 aromatic heterocycles. The van der Waals surface area contributed by atoms with Gasteiger partial charge in [-0.1, -0.05) is 23.2 Å². The lowest BCUT2D eigenvalue weighted by Crippen LogP contribution is -2.44. The van der Waals surface area contributed by atoms with Gasteiger partial charge in [0, 0.05) is 50.4 Å². The summed E-state index contributed by atoms with van der Waals surface area (Å²) in [6.45, 7) is 3.35. The fourth-order valence-corrected chi connectivity index (χ4v) is 8.04. The molecule has 0 aromatic carbocycles. The average Bonchev–Trinajstić information content (AvgIpc) is 3.40. The first-order valence-corrected chi connectivity index (χ1v) is 15.1. The quantitative estimate of drug-likeness (QED) is 0.447. The Balaban J connectivity index is 0.000000211. The third-order valence-electron chi connectivity index (χ3n) is 6.38. The maximum absolute atomic E-state index is 14.9. The summed E-state index contributed by atoms with van der Waals surface area (Å²) in [6.07, 6.45) is 6.06. The van der Waals surface area contributed by atoms with Crippen LogP contribution in [0.4, 0.5) is 8.78 Å². The van der Waals surface area contributed by atoms with E-state index in [4.69, 9.17) is 23.2 Å². The van der Waals surface area contributed by atoms with Gasteiger partial charge in [0.15, 0.2) is 10.3 Å². The van der Waals surface area contributed by atoms with E-state index in [1.165, 1.54) is 53.3 Å². The second-order valence-corrected chi connectivity index (χ2v) is 14.3. The molecule has 1 fully saturated rings. The Morgan fingerprint density at radius 2 is 1.34 bits per heavy atom. The molecule has 0 aliphatic carbocycles. The van der Waals surface area contributed by atoms with E-state index in [-0.39, 0.29) is 25.7 Å². The van der Waals surface area contributed by atoms with E-state index in [1.807, 2.05) is 0 Å². The predicted molar refractivity (Wildman–Crippen MR) is 139 cm³/mol. The van der Waals surface area contributed by atoms with Crippen molar-refractivity contribution < 1.29 is 25.6 Å². The lowest BCUT2D eigenvalue weighted by molar-refractivity contribution is 0.159. The molecule has 4 heterocycles. The Morgan fingerprint density at radius 3 is 1.76 bits per heavy atom. The first kappa shape index (κ1) is 30.4. The van der Waals surface area contributed by atoms with Gasteiger partial charge < -0.3 is 5.32 Å². The molecule has 1 aliphatic rings. The van der Waals surface area contributed by atoms with Crippen molar-refractivity contribution >= 4 is 42.9 Å². The van der Waals surface area contributed by atoms with Crippen molar-refractivity contribution in [1.29, 1.82) is 0 Å². The highest BCUT2D eigenvalue weighted by Gasteiger charge is 2.49. The summed E-state index contributed by atoms with van der Waals surface area (Å²) in [5.74, 6) is -0.532. The molecule has 3 aromatic rings. The standard InChI is InChI=1S/C11H17ClFN3O2S.C11H11ClFN3O2S/c2*1-11(13,8-3-5-14-6-4-8)19(17,18)9-7-16(2)15-10(9)12/h7-8,14H,3-6H2,1-2H3;3-7H,1-2H3. The molecule has 1 N–H and O–H groups in total. The van der Waals surface area contributed by atoms with Crippen LogP contribution < -0.4 is 5.32 Å². The third kappa shape index (κ3) is 5.74. The van der Waals surface area contributed by atoms with Gasteiger partial charge in [0.2, 0.25) is 29.7 Å². The minimum atomic E-state index is -4.31. The monoisotopic (exact) mass is 612 g/mol. The van der Waals surface area contributed by atoms with Crippen LogP contribution in [0.15, 0.2) is 46.7 Å². The Morgan fingerprint density at radius 1 is 0.895 bits per heavy atom. The molecule has 38 heavy (non-hydrogen) atoms. The number of nitrogens with one attached hydrogen (secondary N) is 1. The molecule has 1 aliphatic heterocycles. The van der Waals surface area contributed by atoms with Crippen LogP contribution in [0.25, 0.3) is 0 Å². The fraction of sp³-hybridized carbons (Fsp3) is 0.500. The SMILES string of the molecule is Cn1cc(S(=O)(=O)C(C)(F)C2CCNCC2)c(Cl)n1.Cn1cc(S(=O)(=O)C(C)(F)c2ccncc2)c(Cl)n1. The number of aryl methyl sites for hydroxylation is 2. The van der Waals surface area contributed by atoms with Gasteiger partial charge in [0.05, 0.1) is 0 Å². The molecule has 10 nitrogen and oxygen atoms in total. The summed E-state index contributed by atoms with van der Waals surface area (Å²) < 4.78 is 81.8. The number of pyridine rings is 1. The number of aromatic nitrogens is 5. The first-order chi connectivity index (χ1) is 17.5. The van der Waals surface area contributed by atoms with Gasteiger partial charge >= 0.3 is 0 Å². The zero-order chi connectivity index (χ0) is 28.5. The third-order valence-corrected chi connectivity index (χ3v) is 11.5. The topological polar surface area (TPSA) is 129 Å². The highest BCUT2D eigenvalue weighted by molar-refractivity contribution is 7.93. The molecule has 0 spiro atoms. The van der Waals surface area contributed by atoms with E-state index in [0.717, 1.165) is 13.8 Å². The molecular weight excluding hydrogens is 585 g/mol. The van der Waals surface area contributed by atoms with Crippen molar-refractivity contribution in [3.05, 3.63) is 52.8 Å². The predicted octanol–water partition coefficient (Wildman–Crippen LogP) is 3.62. The number of hydrogen-bond donors (Lipinski definition) is 1. The van der Waals surface area contributed by atoms with Crippen LogP contribution in [-0.2, 0) is 38.8 Å². The molecule has 16 heteroatoms. The van der Waals surface area contributed by atoms with Crippen molar-refractivity contribution in [2.45, 2.75) is 46.5 Å². The van der Waals surface area contributed by atoms with Gasteiger partial charge in [-0.2, -0.15) is 10.2 Å². The van der Waals surface area contributed by atoms with Gasteiger partial charge in [0.1, 0.15) is 9.79 Å². The molecule has 1 saturated heterocycles. The molecule has 0 radical (unpaired) electrons. The number of nitrogens with zero attached hydrogens (tertiary/aromatic N) is 5. The molecular formula is C22H28Cl2F2N6O4S2. The Kier molecular flexibility index (Phi) is 8.93. The first-order valence-electron chi connectivity index (χ1n) is 11.4. The normalized spacial score (nSPS) is 18.2. The van der Waals surface area contributed by atoms with Crippen molar-refractivity contribution in [2.75, 3.05) is 13.1 Å². The van der Waals surface area contributed by atoms with Crippen molar-refractivity contribution in [2.24, 2.45) is 20.0 Å². The second-order valence-electron chi connectivity index (χ2n) is 9.09. The van der Waals surface area contributed by atoms with Crippen LogP contribution in [0.5, 0.6) is 0 Å². The lowest BCUT2D eigenvalue weighted by Gasteiger charge is -2.32. The minimum absolute atomic E-state index is 0.0116. The number of sulfone groups is 2. The Labute approximate surface area is 230 Å². The summed E-state index contributed by atoms with van der Waals surface area (Å²) in [4.78, 5) is 3.16. The summed E-state index contributed by atoms with van der Waals surface area (Å²) in [5, 5.41) is 5.19. The van der Waals surface area contributed by atoms with E-state index >= 15 is 0 Å². The van der Waals surface area contributed by atoms with E-state index < -0.39 is 35.6 Å². The smallest absolute Gasteiger partial charge is 0.237 e. The average molecular weight is 614 g/mol. The van der Waals surface area contributed by atoms with Crippen molar-refractivity contribution in [3.63, 3.8) is 0 Å². The number of hydrogen-bond acceptors (Lipinski definition) is 8. The van der Waals surface area contributed by atoms with Crippen molar-refractivity contribution in [3.8, 4) is 0 Å². The number of rotatable bonds is 6. The van der Waals surface area contributed by atoms with E-state index in [1.54, 1.807) is 7.05 Å². The maximum Gasteiger partial charge on any atom is 0.237 e. The summed E-state index contributed by atoms with van der Waals surface area (Å²) >= 11 is 11.5. The Hall–Kier alpha value is -2.13. The molecule has 0 bridgehead atoms. The van der Waals surface area contributed by atoms with Crippen LogP contribution in [0.1, 0.15) is 32.3 Å². The van der Waals surface area contributed by atoms with Crippen LogP contribution >= 0.6 is 23.2 Å². The van der Waals surface area contributed by atoms with Gasteiger partial charge in [-0.05, 0) is 51.9 Å². The van der Waals surface area contributed by atoms with E-state index in [0.29, 0.717) is 25.9 Å². The molecule has 210 valence electrons. The van der Waals surface area contributed by atoms with Gasteiger partial charge in [0.25, 0.3) is 0 Å². The molecule has 4 rings (SSSR count). The molecule has 2 unspecified atom stereocenters. The molecule has 0 amide bonds. The number of piperidine rings is 1. The van der Waals surface area contributed by atoms with Gasteiger partial charge in [-0.3, -0.25) is 14.3 Å².